The molecule has 4 atom stereocenters. The molecular formula is C13H21N3S. The number of likely N-dealkylation sites (tertiary alicyclic amines) is 1. The number of rotatable bonds is 2. The molecule has 94 valence electrons. The van der Waals surface area contributed by atoms with Gasteiger partial charge in [0.1, 0.15) is 0 Å². The summed E-state index contributed by atoms with van der Waals surface area (Å²) in [4.78, 5) is 7.02. The van der Waals surface area contributed by atoms with E-state index in [4.69, 9.17) is 5.73 Å². The zero-order chi connectivity index (χ0) is 11.8. The molecule has 2 aliphatic rings. The number of fused-ring (bicyclic) bond motifs is 1. The lowest BCUT2D eigenvalue weighted by Gasteiger charge is -2.30. The molecule has 3 nitrogen and oxygen atoms in total. The monoisotopic (exact) mass is 251 g/mol. The topological polar surface area (TPSA) is 42.2 Å². The van der Waals surface area contributed by atoms with Gasteiger partial charge in [-0.3, -0.25) is 4.90 Å². The molecule has 2 heterocycles. The average molecular weight is 251 g/mol. The van der Waals surface area contributed by atoms with E-state index in [-0.39, 0.29) is 0 Å². The van der Waals surface area contributed by atoms with Crippen molar-refractivity contribution in [3.8, 4) is 0 Å². The van der Waals surface area contributed by atoms with Crippen LogP contribution in [0.15, 0.2) is 10.9 Å². The van der Waals surface area contributed by atoms with Crippen molar-refractivity contribution in [1.29, 1.82) is 0 Å². The quantitative estimate of drug-likeness (QED) is 0.876. The Labute approximate surface area is 107 Å². The van der Waals surface area contributed by atoms with Crippen LogP contribution in [0.4, 0.5) is 0 Å². The third-order valence-corrected chi connectivity index (χ3v) is 5.21. The van der Waals surface area contributed by atoms with Crippen molar-refractivity contribution < 1.29 is 0 Å². The summed E-state index contributed by atoms with van der Waals surface area (Å²) in [5.41, 5.74) is 9.42. The Hall–Kier alpha value is -0.450. The minimum atomic E-state index is 0.432. The molecule has 0 amide bonds. The van der Waals surface area contributed by atoms with Gasteiger partial charge in [-0.05, 0) is 31.6 Å². The molecule has 0 spiro atoms. The smallest absolute Gasteiger partial charge is 0.0795 e. The van der Waals surface area contributed by atoms with Crippen molar-refractivity contribution in [3.05, 3.63) is 16.6 Å². The second-order valence-corrected chi connectivity index (χ2v) is 6.28. The predicted octanol–water partition coefficient (Wildman–Crippen LogP) is 2.26. The highest BCUT2D eigenvalue weighted by atomic mass is 32.1. The van der Waals surface area contributed by atoms with Gasteiger partial charge in [0.2, 0.25) is 0 Å². The van der Waals surface area contributed by atoms with Crippen molar-refractivity contribution in [2.75, 3.05) is 13.1 Å². The zero-order valence-electron chi connectivity index (χ0n) is 10.4. The van der Waals surface area contributed by atoms with E-state index in [1.807, 2.05) is 5.51 Å². The summed E-state index contributed by atoms with van der Waals surface area (Å²) in [6, 6.07) is 0.889. The number of nitrogens with zero attached hydrogens (tertiary/aromatic N) is 2. The summed E-state index contributed by atoms with van der Waals surface area (Å²) >= 11 is 1.69. The van der Waals surface area contributed by atoms with Gasteiger partial charge in [0.25, 0.3) is 0 Å². The van der Waals surface area contributed by atoms with Crippen LogP contribution in [-0.4, -0.2) is 29.0 Å². The first-order valence-electron chi connectivity index (χ1n) is 6.63. The molecule has 17 heavy (non-hydrogen) atoms. The van der Waals surface area contributed by atoms with Gasteiger partial charge in [-0.15, -0.1) is 11.3 Å². The normalized spacial score (nSPS) is 35.8. The molecule has 2 fully saturated rings. The lowest BCUT2D eigenvalue weighted by atomic mass is 9.78. The van der Waals surface area contributed by atoms with E-state index in [0.717, 1.165) is 11.8 Å². The highest BCUT2D eigenvalue weighted by Crippen LogP contribution is 2.38. The maximum Gasteiger partial charge on any atom is 0.0795 e. The Morgan fingerprint density at radius 1 is 1.47 bits per heavy atom. The van der Waals surface area contributed by atoms with Gasteiger partial charge in [0.15, 0.2) is 0 Å². The molecule has 3 rings (SSSR count). The lowest BCUT2D eigenvalue weighted by molar-refractivity contribution is 0.242. The molecule has 1 aliphatic carbocycles. The molecule has 1 aromatic heterocycles. The highest BCUT2D eigenvalue weighted by Gasteiger charge is 2.40. The van der Waals surface area contributed by atoms with E-state index in [2.05, 4.69) is 22.2 Å². The predicted molar refractivity (Wildman–Crippen MR) is 70.9 cm³/mol. The van der Waals surface area contributed by atoms with Crippen LogP contribution in [0.1, 0.15) is 37.9 Å². The third kappa shape index (κ3) is 2.14. The fourth-order valence-electron chi connectivity index (χ4n) is 3.48. The number of thiazole rings is 1. The summed E-state index contributed by atoms with van der Waals surface area (Å²) in [6.07, 6.45) is 3.92. The molecule has 1 aromatic rings. The van der Waals surface area contributed by atoms with Crippen molar-refractivity contribution >= 4 is 11.3 Å². The summed E-state index contributed by atoms with van der Waals surface area (Å²) < 4.78 is 0. The number of nitrogens with two attached hydrogens (primary N) is 1. The summed E-state index contributed by atoms with van der Waals surface area (Å²) in [6.45, 7) is 4.67. The van der Waals surface area contributed by atoms with Crippen LogP contribution in [0.3, 0.4) is 0 Å². The average Bonchev–Trinajstić information content (AvgIpc) is 2.98. The van der Waals surface area contributed by atoms with Gasteiger partial charge in [0.05, 0.1) is 17.2 Å². The zero-order valence-corrected chi connectivity index (χ0v) is 11.2. The standard InChI is InChI=1S/C13H21N3S/c1-9(13-7-17-8-15-13)16-5-10-3-2-4-12(14)11(10)6-16/h7-12H,2-6,14H2,1H3. The molecule has 0 radical (unpaired) electrons. The van der Waals surface area contributed by atoms with Gasteiger partial charge in [-0.25, -0.2) is 4.98 Å². The lowest BCUT2D eigenvalue weighted by Crippen LogP contribution is -2.38. The van der Waals surface area contributed by atoms with E-state index in [1.54, 1.807) is 11.3 Å². The van der Waals surface area contributed by atoms with Gasteiger partial charge in [-0.2, -0.15) is 0 Å². The fraction of sp³-hybridized carbons (Fsp3) is 0.769. The molecule has 1 saturated carbocycles. The maximum absolute atomic E-state index is 6.26. The Bertz CT molecular complexity index is 365. The van der Waals surface area contributed by atoms with Crippen LogP contribution in [0.2, 0.25) is 0 Å². The van der Waals surface area contributed by atoms with E-state index in [1.165, 1.54) is 38.0 Å². The Balaban J connectivity index is 1.70. The molecular weight excluding hydrogens is 230 g/mol. The second-order valence-electron chi connectivity index (χ2n) is 5.56. The molecule has 2 N–H and O–H groups in total. The van der Waals surface area contributed by atoms with Crippen LogP contribution in [0, 0.1) is 11.8 Å². The largest absolute Gasteiger partial charge is 0.327 e. The van der Waals surface area contributed by atoms with Gasteiger partial charge < -0.3 is 5.73 Å². The molecule has 1 saturated heterocycles. The second kappa shape index (κ2) is 4.67. The van der Waals surface area contributed by atoms with Gasteiger partial charge in [0, 0.05) is 24.5 Å². The first kappa shape index (κ1) is 11.6. The first-order valence-corrected chi connectivity index (χ1v) is 7.57. The summed E-state index contributed by atoms with van der Waals surface area (Å²) in [7, 11) is 0. The summed E-state index contributed by atoms with van der Waals surface area (Å²) in [5, 5.41) is 2.17. The number of aromatic nitrogens is 1. The third-order valence-electron chi connectivity index (χ3n) is 4.61. The van der Waals surface area contributed by atoms with Crippen molar-refractivity contribution in [1.82, 2.24) is 9.88 Å². The molecule has 4 unspecified atom stereocenters. The van der Waals surface area contributed by atoms with Gasteiger partial charge >= 0.3 is 0 Å². The first-order chi connectivity index (χ1) is 8.25. The van der Waals surface area contributed by atoms with Crippen LogP contribution in [0.5, 0.6) is 0 Å². The Kier molecular flexibility index (Phi) is 3.19. The van der Waals surface area contributed by atoms with E-state index >= 15 is 0 Å². The van der Waals surface area contributed by atoms with Crippen molar-refractivity contribution in [2.45, 2.75) is 38.3 Å². The SMILES string of the molecule is CC(c1cscn1)N1CC2CCCC(N)C2C1. The van der Waals surface area contributed by atoms with Gasteiger partial charge in [-0.1, -0.05) is 6.42 Å². The minimum Gasteiger partial charge on any atom is -0.327 e. The van der Waals surface area contributed by atoms with Crippen molar-refractivity contribution in [3.63, 3.8) is 0 Å². The fourth-order valence-corrected chi connectivity index (χ4v) is 4.12. The minimum absolute atomic E-state index is 0.432. The number of hydrogen-bond donors (Lipinski definition) is 1. The Morgan fingerprint density at radius 2 is 2.35 bits per heavy atom. The van der Waals surface area contributed by atoms with E-state index in [0.29, 0.717) is 12.1 Å². The van der Waals surface area contributed by atoms with Crippen LogP contribution in [0.25, 0.3) is 0 Å². The molecule has 0 bridgehead atoms. The van der Waals surface area contributed by atoms with Crippen LogP contribution < -0.4 is 5.73 Å². The van der Waals surface area contributed by atoms with E-state index in [9.17, 15) is 0 Å². The molecule has 0 aromatic carbocycles. The highest BCUT2D eigenvalue weighted by molar-refractivity contribution is 7.07. The van der Waals surface area contributed by atoms with Crippen LogP contribution >= 0.6 is 11.3 Å². The van der Waals surface area contributed by atoms with Crippen molar-refractivity contribution in [2.24, 2.45) is 17.6 Å². The number of hydrogen-bond acceptors (Lipinski definition) is 4. The molecule has 1 aliphatic heterocycles. The van der Waals surface area contributed by atoms with E-state index < -0.39 is 0 Å². The maximum atomic E-state index is 6.26. The summed E-state index contributed by atoms with van der Waals surface area (Å²) in [5.74, 6) is 1.56. The van der Waals surface area contributed by atoms with Crippen LogP contribution in [-0.2, 0) is 0 Å². The molecule has 4 heteroatoms. The Morgan fingerprint density at radius 3 is 3.06 bits per heavy atom.